The first kappa shape index (κ1) is 40.8. The summed E-state index contributed by atoms with van der Waals surface area (Å²) in [6, 6.07) is 9.17. The number of carbonyl (C=O) groups excluding carboxylic acids is 5. The van der Waals surface area contributed by atoms with E-state index >= 15 is 4.39 Å². The Labute approximate surface area is 358 Å². The van der Waals surface area contributed by atoms with E-state index in [0.717, 1.165) is 73.2 Å². The highest BCUT2D eigenvalue weighted by Crippen LogP contribution is 2.36. The molecule has 0 aliphatic carbocycles. The van der Waals surface area contributed by atoms with Crippen LogP contribution in [0.5, 0.6) is 0 Å². The Balaban J connectivity index is 0.737. The molecule has 16 nitrogen and oxygen atoms in total. The molecule has 320 valence electrons. The second kappa shape index (κ2) is 16.7. The van der Waals surface area contributed by atoms with Crippen molar-refractivity contribution in [2.75, 3.05) is 73.6 Å². The van der Waals surface area contributed by atoms with Crippen LogP contribution < -0.4 is 20.0 Å². The Kier molecular flexibility index (Phi) is 11.0. The average molecular weight is 842 g/mol. The Morgan fingerprint density at radius 1 is 0.855 bits per heavy atom. The van der Waals surface area contributed by atoms with Gasteiger partial charge >= 0.3 is 0 Å². The fourth-order valence-corrected chi connectivity index (χ4v) is 9.75. The summed E-state index contributed by atoms with van der Waals surface area (Å²) in [6.45, 7) is 18.1. The van der Waals surface area contributed by atoms with Gasteiger partial charge in [-0.25, -0.2) is 19.2 Å². The van der Waals surface area contributed by atoms with Crippen LogP contribution in [0.2, 0.25) is 0 Å². The topological polar surface area (TPSA) is 160 Å². The van der Waals surface area contributed by atoms with Crippen LogP contribution in [0.25, 0.3) is 15.7 Å². The number of piperazine rings is 2. The number of imide groups is 2. The van der Waals surface area contributed by atoms with Crippen LogP contribution in [0.1, 0.15) is 65.8 Å². The number of hydrogen-bond acceptors (Lipinski definition) is 12. The smallest absolute Gasteiger partial charge is 0.262 e. The van der Waals surface area contributed by atoms with Crippen molar-refractivity contribution in [2.45, 2.75) is 64.1 Å². The van der Waals surface area contributed by atoms with Gasteiger partial charge in [0.05, 0.1) is 35.3 Å². The van der Waals surface area contributed by atoms with Crippen molar-refractivity contribution in [3.05, 3.63) is 88.9 Å². The van der Waals surface area contributed by atoms with Crippen molar-refractivity contribution in [2.24, 2.45) is 5.92 Å². The Hall–Kier alpha value is -6.54. The highest BCUT2D eigenvalue weighted by Gasteiger charge is 2.45. The molecule has 7 heterocycles. The Morgan fingerprint density at radius 3 is 2.29 bits per heavy atom. The third kappa shape index (κ3) is 7.67. The van der Waals surface area contributed by atoms with Crippen LogP contribution >= 0.6 is 0 Å². The minimum absolute atomic E-state index is 0.0147. The summed E-state index contributed by atoms with van der Waals surface area (Å²) in [7, 11) is 0. The molecule has 4 aromatic rings. The number of fused-ring (bicyclic) bond motifs is 2. The predicted molar refractivity (Wildman–Crippen MR) is 228 cm³/mol. The highest BCUT2D eigenvalue weighted by molar-refractivity contribution is 6.23. The molecular formula is C45H48FN11O5. The summed E-state index contributed by atoms with van der Waals surface area (Å²) in [5, 5.41) is 3.12. The zero-order chi connectivity index (χ0) is 43.2. The number of amides is 5. The highest BCUT2D eigenvalue weighted by atomic mass is 19.1. The number of halogens is 1. The van der Waals surface area contributed by atoms with Gasteiger partial charge in [0, 0.05) is 107 Å². The molecule has 9 rings (SSSR count). The van der Waals surface area contributed by atoms with E-state index < -0.39 is 35.5 Å². The SMILES string of the molecule is [C-]#[N+]c1ccc(N2C[C@@H](C)N(C(=O)Cc3cnc(N4CCC(CN5CCN(c6cc7c(cc6F)C(=O)N(C6CCC(=O)NC6=O)C7=O)CC5)CC4)nc3)C[C@@H]2C)c2cccnc12. The molecular weight excluding hydrogens is 794 g/mol. The number of anilines is 3. The maximum Gasteiger partial charge on any atom is 0.262 e. The fraction of sp³-hybridized carbons (Fsp3) is 0.444. The summed E-state index contributed by atoms with van der Waals surface area (Å²) >= 11 is 0. The third-order valence-corrected chi connectivity index (χ3v) is 13.1. The molecule has 5 aliphatic rings. The molecule has 1 N–H and O–H groups in total. The number of carbonyl (C=O) groups is 5. The van der Waals surface area contributed by atoms with Crippen molar-refractivity contribution in [1.82, 2.24) is 35.0 Å². The lowest BCUT2D eigenvalue weighted by Gasteiger charge is -2.45. The zero-order valence-corrected chi connectivity index (χ0v) is 34.8. The van der Waals surface area contributed by atoms with Crippen molar-refractivity contribution >= 4 is 63.4 Å². The number of hydrogen-bond donors (Lipinski definition) is 1. The molecule has 4 saturated heterocycles. The van der Waals surface area contributed by atoms with E-state index in [-0.39, 0.29) is 54.1 Å². The van der Waals surface area contributed by atoms with Crippen LogP contribution in [0.3, 0.4) is 0 Å². The normalized spacial score (nSPS) is 22.6. The van der Waals surface area contributed by atoms with E-state index in [4.69, 9.17) is 6.57 Å². The van der Waals surface area contributed by atoms with Gasteiger partial charge < -0.3 is 19.6 Å². The second-order valence-electron chi connectivity index (χ2n) is 17.1. The number of piperidine rings is 2. The molecule has 1 unspecified atom stereocenters. The van der Waals surface area contributed by atoms with Gasteiger partial charge in [-0.3, -0.25) is 44.1 Å². The van der Waals surface area contributed by atoms with Gasteiger partial charge in [-0.2, -0.15) is 0 Å². The first-order chi connectivity index (χ1) is 30.0. The second-order valence-corrected chi connectivity index (χ2v) is 17.1. The number of pyridine rings is 1. The van der Waals surface area contributed by atoms with Gasteiger partial charge in [-0.1, -0.05) is 12.1 Å². The molecule has 2 aromatic carbocycles. The molecule has 0 bridgehead atoms. The summed E-state index contributed by atoms with van der Waals surface area (Å²) in [5.41, 5.74) is 3.28. The van der Waals surface area contributed by atoms with Crippen molar-refractivity contribution < 1.29 is 28.4 Å². The maximum atomic E-state index is 15.5. The summed E-state index contributed by atoms with van der Waals surface area (Å²) in [5.74, 6) is -1.94. The van der Waals surface area contributed by atoms with Gasteiger partial charge in [0.1, 0.15) is 11.9 Å². The number of rotatable bonds is 8. The van der Waals surface area contributed by atoms with Crippen molar-refractivity contribution in [1.29, 1.82) is 0 Å². The Morgan fingerprint density at radius 2 is 1.58 bits per heavy atom. The third-order valence-electron chi connectivity index (χ3n) is 13.1. The molecule has 4 fully saturated rings. The van der Waals surface area contributed by atoms with Crippen LogP contribution in [0, 0.1) is 18.3 Å². The van der Waals surface area contributed by atoms with Crippen LogP contribution in [0.4, 0.5) is 27.4 Å². The van der Waals surface area contributed by atoms with E-state index in [9.17, 15) is 24.0 Å². The molecule has 5 amide bonds. The molecule has 0 radical (unpaired) electrons. The molecule has 0 spiro atoms. The van der Waals surface area contributed by atoms with E-state index in [1.165, 1.54) is 6.07 Å². The standard InChI is InChI=1S/C45H48FN11O5/c1-27-25-56(28(2)24-55(27)36-7-6-35(47-3)41-31(36)5-4-12-48-41)40(59)19-30-22-49-45(50-23-30)54-13-10-29(11-14-54)26-52-15-17-53(18-16-52)38-21-33-32(20-34(38)46)43(61)57(44(33)62)37-8-9-39(58)51-42(37)60/h4-7,12,20-23,27-29,37H,8-11,13-19,24-26H2,1-2H3,(H,51,58,60)/t27-,28+,37?/m0/s1. The number of benzene rings is 2. The lowest BCUT2D eigenvalue weighted by molar-refractivity contribution is -0.136. The lowest BCUT2D eigenvalue weighted by atomic mass is 9.96. The largest absolute Gasteiger partial charge is 0.367 e. The first-order valence-electron chi connectivity index (χ1n) is 21.4. The first-order valence-corrected chi connectivity index (χ1v) is 21.4. The van der Waals surface area contributed by atoms with E-state index in [0.29, 0.717) is 49.2 Å². The van der Waals surface area contributed by atoms with Crippen molar-refractivity contribution in [3.63, 3.8) is 0 Å². The van der Waals surface area contributed by atoms with Crippen LogP contribution in [-0.2, 0) is 20.8 Å². The van der Waals surface area contributed by atoms with Gasteiger partial charge in [-0.15, -0.1) is 0 Å². The molecule has 62 heavy (non-hydrogen) atoms. The molecule has 17 heteroatoms. The van der Waals surface area contributed by atoms with Gasteiger partial charge in [0.15, 0.2) is 0 Å². The van der Waals surface area contributed by atoms with E-state index in [1.807, 2.05) is 34.1 Å². The minimum atomic E-state index is -1.10. The number of nitrogens with zero attached hydrogens (tertiary/aromatic N) is 10. The van der Waals surface area contributed by atoms with E-state index in [1.54, 1.807) is 18.6 Å². The summed E-state index contributed by atoms with van der Waals surface area (Å²) in [6.07, 6.45) is 7.46. The quantitative estimate of drug-likeness (QED) is 0.202. The fourth-order valence-electron chi connectivity index (χ4n) is 9.75. The number of aromatic nitrogens is 3. The van der Waals surface area contributed by atoms with Gasteiger partial charge in [0.2, 0.25) is 29.4 Å². The molecule has 2 aromatic heterocycles. The van der Waals surface area contributed by atoms with Gasteiger partial charge in [0.25, 0.3) is 11.8 Å². The summed E-state index contributed by atoms with van der Waals surface area (Å²) < 4.78 is 15.5. The van der Waals surface area contributed by atoms with Crippen molar-refractivity contribution in [3.8, 4) is 0 Å². The number of nitrogens with one attached hydrogen (secondary N) is 1. The molecule has 5 aliphatic heterocycles. The lowest BCUT2D eigenvalue weighted by Crippen LogP contribution is -2.58. The van der Waals surface area contributed by atoms with Crippen LogP contribution in [-0.4, -0.2) is 136 Å². The monoisotopic (exact) mass is 841 g/mol. The minimum Gasteiger partial charge on any atom is -0.367 e. The zero-order valence-electron chi connectivity index (χ0n) is 34.8. The predicted octanol–water partition coefficient (Wildman–Crippen LogP) is 3.82. The summed E-state index contributed by atoms with van der Waals surface area (Å²) in [4.78, 5) is 93.2. The average Bonchev–Trinajstić information content (AvgIpc) is 3.51. The van der Waals surface area contributed by atoms with Crippen LogP contribution in [0.15, 0.2) is 55.0 Å². The molecule has 0 saturated carbocycles. The maximum absolute atomic E-state index is 15.5. The van der Waals surface area contributed by atoms with E-state index in [2.05, 4.69) is 53.7 Å². The molecule has 3 atom stereocenters. The Bertz CT molecular complexity index is 2500. The van der Waals surface area contributed by atoms with Gasteiger partial charge in [-0.05, 0) is 68.9 Å².